The molecular formula is C16H19N3OS. The molecule has 0 atom stereocenters. The zero-order valence-corrected chi connectivity index (χ0v) is 13.5. The monoisotopic (exact) mass is 301 g/mol. The van der Waals surface area contributed by atoms with Crippen LogP contribution in [0.25, 0.3) is 0 Å². The smallest absolute Gasteiger partial charge is 0.274 e. The molecule has 0 saturated carbocycles. The van der Waals surface area contributed by atoms with Crippen molar-refractivity contribution in [3.8, 4) is 0 Å². The summed E-state index contributed by atoms with van der Waals surface area (Å²) in [7, 11) is 0. The summed E-state index contributed by atoms with van der Waals surface area (Å²) in [4.78, 5) is 20.7. The molecule has 0 fully saturated rings. The van der Waals surface area contributed by atoms with E-state index in [4.69, 9.17) is 0 Å². The number of thioether (sulfide) groups is 1. The lowest BCUT2D eigenvalue weighted by atomic mass is 10.0. The minimum atomic E-state index is -0.215. The third-order valence-electron chi connectivity index (χ3n) is 3.08. The third-order valence-corrected chi connectivity index (χ3v) is 3.63. The normalized spacial score (nSPS) is 10.7. The second-order valence-corrected chi connectivity index (χ2v) is 5.89. The number of hydrogen-bond donors (Lipinski definition) is 1. The Morgan fingerprint density at radius 2 is 1.86 bits per heavy atom. The minimum absolute atomic E-state index is 0.215. The molecule has 4 nitrogen and oxygen atoms in total. The van der Waals surface area contributed by atoms with Gasteiger partial charge < -0.3 is 5.32 Å². The first-order chi connectivity index (χ1) is 9.99. The molecule has 0 bridgehead atoms. The predicted octanol–water partition coefficient (Wildman–Crippen LogP) is 3.88. The lowest BCUT2D eigenvalue weighted by Gasteiger charge is -2.09. The summed E-state index contributed by atoms with van der Waals surface area (Å²) in [6.45, 7) is 6.14. The number of nitrogens with zero attached hydrogens (tertiary/aromatic N) is 2. The van der Waals surface area contributed by atoms with Gasteiger partial charge in [-0.2, -0.15) is 0 Å². The van der Waals surface area contributed by atoms with Gasteiger partial charge in [0.15, 0.2) is 5.16 Å². The Bertz CT molecular complexity index is 638. The van der Waals surface area contributed by atoms with Crippen molar-refractivity contribution in [3.63, 3.8) is 0 Å². The van der Waals surface area contributed by atoms with Gasteiger partial charge >= 0.3 is 0 Å². The molecule has 21 heavy (non-hydrogen) atoms. The van der Waals surface area contributed by atoms with E-state index < -0.39 is 0 Å². The Kier molecular flexibility index (Phi) is 4.96. The molecule has 0 radical (unpaired) electrons. The average molecular weight is 301 g/mol. The van der Waals surface area contributed by atoms with Crippen LogP contribution < -0.4 is 5.32 Å². The van der Waals surface area contributed by atoms with E-state index in [1.54, 1.807) is 6.07 Å². The molecule has 2 rings (SSSR count). The topological polar surface area (TPSA) is 54.9 Å². The second-order valence-electron chi connectivity index (χ2n) is 5.11. The largest absolute Gasteiger partial charge is 0.321 e. The van der Waals surface area contributed by atoms with Gasteiger partial charge in [-0.3, -0.25) is 4.79 Å². The summed E-state index contributed by atoms with van der Waals surface area (Å²) >= 11 is 1.42. The number of rotatable bonds is 4. The Morgan fingerprint density at radius 1 is 1.19 bits per heavy atom. The van der Waals surface area contributed by atoms with Crippen molar-refractivity contribution < 1.29 is 4.79 Å². The standard InChI is InChI=1S/C16H19N3OS/c1-10(2)12-5-7-13(8-6-12)18-15(20)14-9-11(3)17-16(19-14)21-4/h5-10H,1-4H3,(H,18,20). The molecule has 5 heteroatoms. The lowest BCUT2D eigenvalue weighted by molar-refractivity contribution is 0.102. The fourth-order valence-electron chi connectivity index (χ4n) is 1.90. The van der Waals surface area contributed by atoms with E-state index in [0.717, 1.165) is 11.4 Å². The maximum absolute atomic E-state index is 12.2. The van der Waals surface area contributed by atoms with Crippen LogP contribution in [0.15, 0.2) is 35.5 Å². The molecule has 0 aliphatic rings. The number of carbonyl (C=O) groups is 1. The molecule has 110 valence electrons. The highest BCUT2D eigenvalue weighted by Gasteiger charge is 2.11. The van der Waals surface area contributed by atoms with Crippen molar-refractivity contribution in [1.82, 2.24) is 9.97 Å². The molecule has 1 aromatic heterocycles. The van der Waals surface area contributed by atoms with Gasteiger partial charge in [-0.25, -0.2) is 9.97 Å². The predicted molar refractivity (Wildman–Crippen MR) is 87.0 cm³/mol. The number of nitrogens with one attached hydrogen (secondary N) is 1. The third kappa shape index (κ3) is 4.04. The summed E-state index contributed by atoms with van der Waals surface area (Å²) < 4.78 is 0. The molecular weight excluding hydrogens is 282 g/mol. The summed E-state index contributed by atoms with van der Waals surface area (Å²) in [6.07, 6.45) is 1.89. The first kappa shape index (κ1) is 15.5. The van der Waals surface area contributed by atoms with Crippen LogP contribution >= 0.6 is 11.8 Å². The zero-order chi connectivity index (χ0) is 15.4. The highest BCUT2D eigenvalue weighted by Crippen LogP contribution is 2.18. The Labute approximate surface area is 129 Å². The molecule has 0 aliphatic carbocycles. The fraction of sp³-hybridized carbons (Fsp3) is 0.312. The average Bonchev–Trinajstić information content (AvgIpc) is 2.47. The lowest BCUT2D eigenvalue weighted by Crippen LogP contribution is -2.15. The molecule has 1 aromatic carbocycles. The Balaban J connectivity index is 2.15. The van der Waals surface area contributed by atoms with Crippen LogP contribution in [0.4, 0.5) is 5.69 Å². The molecule has 0 unspecified atom stereocenters. The van der Waals surface area contributed by atoms with Gasteiger partial charge in [-0.1, -0.05) is 37.7 Å². The first-order valence-electron chi connectivity index (χ1n) is 6.80. The molecule has 1 N–H and O–H groups in total. The van der Waals surface area contributed by atoms with E-state index in [1.165, 1.54) is 17.3 Å². The maximum atomic E-state index is 12.2. The van der Waals surface area contributed by atoms with Crippen LogP contribution in [0.1, 0.15) is 41.5 Å². The van der Waals surface area contributed by atoms with E-state index >= 15 is 0 Å². The van der Waals surface area contributed by atoms with Crippen molar-refractivity contribution in [2.45, 2.75) is 31.8 Å². The SMILES string of the molecule is CSc1nc(C)cc(C(=O)Nc2ccc(C(C)C)cc2)n1. The zero-order valence-electron chi connectivity index (χ0n) is 12.7. The van der Waals surface area contributed by atoms with Crippen molar-refractivity contribution in [3.05, 3.63) is 47.3 Å². The molecule has 0 aliphatic heterocycles. The van der Waals surface area contributed by atoms with Gasteiger partial charge in [0.25, 0.3) is 5.91 Å². The number of aromatic nitrogens is 2. The molecule has 0 spiro atoms. The van der Waals surface area contributed by atoms with Gasteiger partial charge in [-0.15, -0.1) is 0 Å². The van der Waals surface area contributed by atoms with Crippen LogP contribution in [0.5, 0.6) is 0 Å². The molecule has 2 aromatic rings. The van der Waals surface area contributed by atoms with Crippen LogP contribution in [-0.2, 0) is 0 Å². The number of aryl methyl sites for hydroxylation is 1. The summed E-state index contributed by atoms with van der Waals surface area (Å²) in [6, 6.07) is 9.57. The van der Waals surface area contributed by atoms with Gasteiger partial charge in [0.2, 0.25) is 0 Å². The second kappa shape index (κ2) is 6.72. The van der Waals surface area contributed by atoms with E-state index in [1.807, 2.05) is 37.4 Å². The van der Waals surface area contributed by atoms with Gasteiger partial charge in [0.1, 0.15) is 5.69 Å². The fourth-order valence-corrected chi connectivity index (χ4v) is 2.32. The molecule has 1 amide bonds. The van der Waals surface area contributed by atoms with Gasteiger partial charge in [0, 0.05) is 11.4 Å². The van der Waals surface area contributed by atoms with Crippen molar-refractivity contribution in [1.29, 1.82) is 0 Å². The van der Waals surface area contributed by atoms with E-state index in [2.05, 4.69) is 29.1 Å². The Hall–Kier alpha value is -1.88. The highest BCUT2D eigenvalue weighted by atomic mass is 32.2. The number of amides is 1. The summed E-state index contributed by atoms with van der Waals surface area (Å²) in [5, 5.41) is 3.47. The van der Waals surface area contributed by atoms with Crippen LogP contribution in [0.2, 0.25) is 0 Å². The van der Waals surface area contributed by atoms with Crippen molar-refractivity contribution in [2.75, 3.05) is 11.6 Å². The van der Waals surface area contributed by atoms with Crippen molar-refractivity contribution in [2.24, 2.45) is 0 Å². The minimum Gasteiger partial charge on any atom is -0.321 e. The van der Waals surface area contributed by atoms with Gasteiger partial charge in [-0.05, 0) is 42.9 Å². The van der Waals surface area contributed by atoms with Crippen molar-refractivity contribution >= 4 is 23.4 Å². The van der Waals surface area contributed by atoms with Crippen LogP contribution in [-0.4, -0.2) is 22.1 Å². The van der Waals surface area contributed by atoms with Gasteiger partial charge in [0.05, 0.1) is 0 Å². The summed E-state index contributed by atoms with van der Waals surface area (Å²) in [5.41, 5.74) is 3.19. The first-order valence-corrected chi connectivity index (χ1v) is 8.03. The highest BCUT2D eigenvalue weighted by molar-refractivity contribution is 7.98. The van der Waals surface area contributed by atoms with E-state index in [0.29, 0.717) is 16.8 Å². The summed E-state index contributed by atoms with van der Waals surface area (Å²) in [5.74, 6) is 0.261. The molecule has 1 heterocycles. The van der Waals surface area contributed by atoms with Crippen LogP contribution in [0.3, 0.4) is 0 Å². The van der Waals surface area contributed by atoms with Crippen LogP contribution in [0, 0.1) is 6.92 Å². The van der Waals surface area contributed by atoms with E-state index in [9.17, 15) is 4.79 Å². The van der Waals surface area contributed by atoms with E-state index in [-0.39, 0.29) is 5.91 Å². The number of anilines is 1. The quantitative estimate of drug-likeness (QED) is 0.687. The maximum Gasteiger partial charge on any atom is 0.274 e. The number of benzene rings is 1. The number of carbonyl (C=O) groups excluding carboxylic acids is 1. The number of hydrogen-bond acceptors (Lipinski definition) is 4. The Morgan fingerprint density at radius 3 is 2.43 bits per heavy atom. The molecule has 0 saturated heterocycles.